The first-order valence-electron chi connectivity index (χ1n) is 9.55. The van der Waals surface area contributed by atoms with Crippen LogP contribution >= 0.6 is 11.8 Å². The number of fused-ring (bicyclic) bond motifs is 3. The summed E-state index contributed by atoms with van der Waals surface area (Å²) in [4.78, 5) is 41.6. The van der Waals surface area contributed by atoms with Gasteiger partial charge in [-0.3, -0.25) is 14.5 Å². The van der Waals surface area contributed by atoms with E-state index in [4.69, 9.17) is 0 Å². The molecule has 4 atom stereocenters. The lowest BCUT2D eigenvalue weighted by Gasteiger charge is -2.44. The lowest BCUT2D eigenvalue weighted by Crippen LogP contribution is -2.66. The first-order valence-corrected chi connectivity index (χ1v) is 10.6. The summed E-state index contributed by atoms with van der Waals surface area (Å²) in [6, 6.07) is -0.222. The first kappa shape index (κ1) is 19.3. The minimum atomic E-state index is -0.474. The predicted molar refractivity (Wildman–Crippen MR) is 100 cm³/mol. The summed E-state index contributed by atoms with van der Waals surface area (Å²) in [6.07, 6.45) is 3.05. The van der Waals surface area contributed by atoms with Crippen molar-refractivity contribution in [2.45, 2.75) is 70.1 Å². The van der Waals surface area contributed by atoms with Gasteiger partial charge in [0.2, 0.25) is 11.8 Å². The summed E-state index contributed by atoms with van der Waals surface area (Å²) < 4.78 is 0. The van der Waals surface area contributed by atoms with Gasteiger partial charge in [0, 0.05) is 12.6 Å². The van der Waals surface area contributed by atoms with Crippen LogP contribution in [0.1, 0.15) is 46.5 Å². The average Bonchev–Trinajstić information content (AvgIpc) is 3.20. The van der Waals surface area contributed by atoms with Crippen LogP contribution in [0.5, 0.6) is 0 Å². The number of unbranched alkanes of at least 4 members (excludes halogenated alkanes) is 1. The molecule has 4 amide bonds. The molecule has 3 aliphatic rings. The summed E-state index contributed by atoms with van der Waals surface area (Å²) in [5.74, 6) is 0.801. The third kappa shape index (κ3) is 3.51. The van der Waals surface area contributed by atoms with Gasteiger partial charge in [-0.05, 0) is 31.9 Å². The average molecular weight is 384 g/mol. The van der Waals surface area contributed by atoms with E-state index in [2.05, 4.69) is 17.7 Å². The van der Waals surface area contributed by atoms with E-state index in [1.807, 2.05) is 13.8 Å². The van der Waals surface area contributed by atoms with Crippen molar-refractivity contribution < 1.29 is 14.4 Å². The van der Waals surface area contributed by atoms with E-state index in [0.29, 0.717) is 6.54 Å². The second-order valence-electron chi connectivity index (χ2n) is 7.19. The number of amides is 4. The number of nitrogens with one attached hydrogen (secondary N) is 2. The SMILES string of the molecule is CCCCN1C(=O)C2SCCC2N2C(=O)N(CC(=O)NC(C)CC)NC12. The Hall–Kier alpha value is -1.48. The predicted octanol–water partition coefficient (Wildman–Crippen LogP) is 0.943. The minimum absolute atomic E-state index is 0.0451. The Morgan fingerprint density at radius 2 is 2.15 bits per heavy atom. The molecule has 146 valence electrons. The molecule has 2 N–H and O–H groups in total. The first-order chi connectivity index (χ1) is 12.5. The zero-order chi connectivity index (χ0) is 18.8. The molecule has 3 aliphatic heterocycles. The fourth-order valence-electron chi connectivity index (χ4n) is 3.67. The Balaban J connectivity index is 1.75. The van der Waals surface area contributed by atoms with Gasteiger partial charge in [-0.25, -0.2) is 9.80 Å². The monoisotopic (exact) mass is 383 g/mol. The highest BCUT2D eigenvalue weighted by Gasteiger charge is 2.55. The molecule has 3 heterocycles. The fraction of sp³-hybridized carbons (Fsp3) is 0.824. The van der Waals surface area contributed by atoms with E-state index < -0.39 is 6.29 Å². The number of thioether (sulfide) groups is 1. The van der Waals surface area contributed by atoms with Crippen molar-refractivity contribution in [3.05, 3.63) is 0 Å². The number of hydrogen-bond donors (Lipinski definition) is 2. The number of urea groups is 1. The second kappa shape index (κ2) is 8.04. The maximum atomic E-state index is 13.0. The molecule has 3 saturated heterocycles. The number of hydrazine groups is 1. The summed E-state index contributed by atoms with van der Waals surface area (Å²) >= 11 is 1.64. The van der Waals surface area contributed by atoms with E-state index in [-0.39, 0.29) is 41.7 Å². The molecule has 0 aliphatic carbocycles. The maximum Gasteiger partial charge on any atom is 0.337 e. The minimum Gasteiger partial charge on any atom is -0.352 e. The van der Waals surface area contributed by atoms with Crippen LogP contribution in [0.15, 0.2) is 0 Å². The van der Waals surface area contributed by atoms with Gasteiger partial charge in [-0.1, -0.05) is 20.3 Å². The van der Waals surface area contributed by atoms with E-state index >= 15 is 0 Å². The molecule has 0 bridgehead atoms. The van der Waals surface area contributed by atoms with Crippen LogP contribution in [0.25, 0.3) is 0 Å². The smallest absolute Gasteiger partial charge is 0.337 e. The van der Waals surface area contributed by atoms with Crippen molar-refractivity contribution in [2.24, 2.45) is 0 Å². The number of carbonyl (C=O) groups is 3. The third-order valence-electron chi connectivity index (χ3n) is 5.30. The zero-order valence-corrected chi connectivity index (χ0v) is 16.6. The van der Waals surface area contributed by atoms with Gasteiger partial charge < -0.3 is 10.2 Å². The van der Waals surface area contributed by atoms with E-state index in [0.717, 1.165) is 31.4 Å². The fourth-order valence-corrected chi connectivity index (χ4v) is 5.07. The van der Waals surface area contributed by atoms with Gasteiger partial charge in [-0.2, -0.15) is 5.43 Å². The van der Waals surface area contributed by atoms with Gasteiger partial charge >= 0.3 is 6.03 Å². The van der Waals surface area contributed by atoms with E-state index in [9.17, 15) is 14.4 Å². The van der Waals surface area contributed by atoms with Crippen LogP contribution in [-0.2, 0) is 9.59 Å². The number of hydrogen-bond acceptors (Lipinski definition) is 5. The number of carbonyl (C=O) groups excluding carboxylic acids is 3. The molecular weight excluding hydrogens is 354 g/mol. The quantitative estimate of drug-likeness (QED) is 0.684. The van der Waals surface area contributed by atoms with Gasteiger partial charge in [0.05, 0.1) is 6.04 Å². The Kier molecular flexibility index (Phi) is 5.96. The van der Waals surface area contributed by atoms with Crippen LogP contribution in [0.3, 0.4) is 0 Å². The Morgan fingerprint density at radius 3 is 2.85 bits per heavy atom. The Morgan fingerprint density at radius 1 is 1.38 bits per heavy atom. The zero-order valence-electron chi connectivity index (χ0n) is 15.7. The molecule has 0 aromatic heterocycles. The number of rotatable bonds is 7. The van der Waals surface area contributed by atoms with Crippen LogP contribution in [0, 0.1) is 0 Å². The van der Waals surface area contributed by atoms with Crippen molar-refractivity contribution in [3.8, 4) is 0 Å². The largest absolute Gasteiger partial charge is 0.352 e. The second-order valence-corrected chi connectivity index (χ2v) is 8.44. The standard InChI is InChI=1S/C17H29N5O3S/c1-4-6-8-20-15(24)14-12(7-9-26-14)22-16(20)19-21(17(22)25)10-13(23)18-11(3)5-2/h11-12,14,16,19H,4-10H2,1-3H3,(H,18,23). The summed E-state index contributed by atoms with van der Waals surface area (Å²) in [5.41, 5.74) is 3.11. The Labute approximate surface area is 159 Å². The summed E-state index contributed by atoms with van der Waals surface area (Å²) in [7, 11) is 0. The Bertz CT molecular complexity index is 575. The van der Waals surface area contributed by atoms with Gasteiger partial charge in [0.15, 0.2) is 6.29 Å². The molecule has 8 nitrogen and oxygen atoms in total. The molecule has 0 aromatic carbocycles. The van der Waals surface area contributed by atoms with Crippen molar-refractivity contribution in [2.75, 3.05) is 18.8 Å². The molecule has 0 radical (unpaired) electrons. The lowest BCUT2D eigenvalue weighted by molar-refractivity contribution is -0.144. The molecule has 3 fully saturated rings. The molecular formula is C17H29N5O3S. The van der Waals surface area contributed by atoms with Gasteiger partial charge in [0.25, 0.3) is 0 Å². The molecule has 0 spiro atoms. The highest BCUT2D eigenvalue weighted by Crippen LogP contribution is 2.39. The highest BCUT2D eigenvalue weighted by molar-refractivity contribution is 8.00. The van der Waals surface area contributed by atoms with Gasteiger partial charge in [0.1, 0.15) is 11.8 Å². The van der Waals surface area contributed by atoms with Crippen molar-refractivity contribution in [3.63, 3.8) is 0 Å². The molecule has 4 unspecified atom stereocenters. The maximum absolute atomic E-state index is 13.0. The van der Waals surface area contributed by atoms with Crippen LogP contribution in [0.4, 0.5) is 4.79 Å². The molecule has 0 aromatic rings. The van der Waals surface area contributed by atoms with E-state index in [1.54, 1.807) is 21.6 Å². The normalized spacial score (nSPS) is 29.0. The van der Waals surface area contributed by atoms with Crippen LogP contribution < -0.4 is 10.7 Å². The van der Waals surface area contributed by atoms with E-state index in [1.165, 1.54) is 5.01 Å². The summed E-state index contributed by atoms with van der Waals surface area (Å²) in [5, 5.41) is 4.07. The molecule has 26 heavy (non-hydrogen) atoms. The lowest BCUT2D eigenvalue weighted by atomic mass is 10.1. The van der Waals surface area contributed by atoms with Gasteiger partial charge in [-0.15, -0.1) is 11.8 Å². The third-order valence-corrected chi connectivity index (χ3v) is 6.65. The van der Waals surface area contributed by atoms with Crippen LogP contribution in [-0.4, -0.2) is 75.1 Å². The number of nitrogens with zero attached hydrogens (tertiary/aromatic N) is 3. The highest BCUT2D eigenvalue weighted by atomic mass is 32.2. The summed E-state index contributed by atoms with van der Waals surface area (Å²) in [6.45, 7) is 6.59. The van der Waals surface area contributed by atoms with Crippen molar-refractivity contribution >= 4 is 29.6 Å². The molecule has 0 saturated carbocycles. The topological polar surface area (TPSA) is 85.0 Å². The molecule has 3 rings (SSSR count). The van der Waals surface area contributed by atoms with Crippen LogP contribution in [0.2, 0.25) is 0 Å². The molecule has 9 heteroatoms. The van der Waals surface area contributed by atoms with Crippen molar-refractivity contribution in [1.82, 2.24) is 25.6 Å². The van der Waals surface area contributed by atoms with Crippen molar-refractivity contribution in [1.29, 1.82) is 0 Å².